The molecule has 0 atom stereocenters. The Hall–Kier alpha value is -1.46. The first kappa shape index (κ1) is 11.0. The molecule has 0 bridgehead atoms. The number of benzene rings is 1. The Balaban J connectivity index is 2.24. The fraction of sp³-hybridized carbons (Fsp3) is 0.0909. The number of rotatable bonds is 3. The molecule has 2 aromatic rings. The Morgan fingerprint density at radius 2 is 2.06 bits per heavy atom. The number of hydrazine groups is 1. The third-order valence-corrected chi connectivity index (χ3v) is 2.93. The minimum Gasteiger partial charge on any atom is -0.308 e. The first-order chi connectivity index (χ1) is 7.79. The maximum absolute atomic E-state index is 5.29. The van der Waals surface area contributed by atoms with Crippen LogP contribution in [0.4, 0.5) is 5.82 Å². The van der Waals surface area contributed by atoms with E-state index in [1.807, 2.05) is 24.3 Å². The number of hydrogen-bond donors (Lipinski definition) is 2. The molecule has 0 amide bonds. The van der Waals surface area contributed by atoms with Crippen LogP contribution in [0.25, 0.3) is 0 Å². The summed E-state index contributed by atoms with van der Waals surface area (Å²) in [6, 6.07) is 9.73. The molecule has 2 rings (SSSR count). The second-order valence-corrected chi connectivity index (χ2v) is 4.12. The van der Waals surface area contributed by atoms with E-state index in [1.54, 1.807) is 12.3 Å². The van der Waals surface area contributed by atoms with E-state index in [2.05, 4.69) is 31.3 Å². The van der Waals surface area contributed by atoms with Gasteiger partial charge in [-0.15, -0.1) is 0 Å². The molecular formula is C11H11BrN4. The molecule has 1 aromatic carbocycles. The molecule has 4 nitrogen and oxygen atoms in total. The Kier molecular flexibility index (Phi) is 3.48. The summed E-state index contributed by atoms with van der Waals surface area (Å²) in [6.07, 6.45) is 2.37. The van der Waals surface area contributed by atoms with Crippen molar-refractivity contribution in [1.82, 2.24) is 9.97 Å². The number of hydrogen-bond acceptors (Lipinski definition) is 4. The Labute approximate surface area is 102 Å². The average molecular weight is 279 g/mol. The van der Waals surface area contributed by atoms with Gasteiger partial charge in [-0.3, -0.25) is 0 Å². The average Bonchev–Trinajstić information content (AvgIpc) is 2.32. The lowest BCUT2D eigenvalue weighted by atomic mass is 10.1. The summed E-state index contributed by atoms with van der Waals surface area (Å²) in [5, 5.41) is 0. The van der Waals surface area contributed by atoms with Gasteiger partial charge in [-0.1, -0.05) is 34.1 Å². The van der Waals surface area contributed by atoms with Crippen molar-refractivity contribution < 1.29 is 0 Å². The van der Waals surface area contributed by atoms with E-state index in [0.29, 0.717) is 12.2 Å². The molecule has 5 heteroatoms. The Bertz CT molecular complexity index is 487. The predicted octanol–water partition coefficient (Wildman–Crippen LogP) is 2.12. The number of anilines is 1. The highest BCUT2D eigenvalue weighted by atomic mass is 79.9. The monoisotopic (exact) mass is 278 g/mol. The SMILES string of the molecule is NNc1ccnc(Cc2ccccc2Br)n1. The van der Waals surface area contributed by atoms with Crippen molar-refractivity contribution in [3.05, 3.63) is 52.4 Å². The van der Waals surface area contributed by atoms with Crippen molar-refractivity contribution >= 4 is 21.7 Å². The zero-order valence-corrected chi connectivity index (χ0v) is 10.1. The number of nitrogen functional groups attached to an aromatic ring is 1. The summed E-state index contributed by atoms with van der Waals surface area (Å²) >= 11 is 3.49. The number of nitrogens with two attached hydrogens (primary N) is 1. The van der Waals surface area contributed by atoms with Gasteiger partial charge in [-0.25, -0.2) is 15.8 Å². The van der Waals surface area contributed by atoms with Crippen molar-refractivity contribution in [2.75, 3.05) is 5.43 Å². The van der Waals surface area contributed by atoms with Gasteiger partial charge in [-0.2, -0.15) is 0 Å². The van der Waals surface area contributed by atoms with Gasteiger partial charge in [0.2, 0.25) is 0 Å². The topological polar surface area (TPSA) is 63.8 Å². The molecule has 82 valence electrons. The quantitative estimate of drug-likeness (QED) is 0.667. The maximum Gasteiger partial charge on any atom is 0.143 e. The Morgan fingerprint density at radius 3 is 2.81 bits per heavy atom. The third kappa shape index (κ3) is 2.56. The lowest BCUT2D eigenvalue weighted by Gasteiger charge is -2.04. The highest BCUT2D eigenvalue weighted by molar-refractivity contribution is 9.10. The van der Waals surface area contributed by atoms with Crippen molar-refractivity contribution in [1.29, 1.82) is 0 Å². The van der Waals surface area contributed by atoms with Crippen molar-refractivity contribution in [2.45, 2.75) is 6.42 Å². The molecule has 0 aliphatic heterocycles. The van der Waals surface area contributed by atoms with Gasteiger partial charge in [0.05, 0.1) is 0 Å². The van der Waals surface area contributed by atoms with Crippen molar-refractivity contribution in [3.8, 4) is 0 Å². The molecule has 0 fully saturated rings. The smallest absolute Gasteiger partial charge is 0.143 e. The van der Waals surface area contributed by atoms with Gasteiger partial charge >= 0.3 is 0 Å². The van der Waals surface area contributed by atoms with E-state index < -0.39 is 0 Å². The van der Waals surface area contributed by atoms with Crippen molar-refractivity contribution in [2.24, 2.45) is 5.84 Å². The van der Waals surface area contributed by atoms with Gasteiger partial charge in [0, 0.05) is 23.2 Å². The zero-order chi connectivity index (χ0) is 11.4. The lowest BCUT2D eigenvalue weighted by Crippen LogP contribution is -2.10. The Morgan fingerprint density at radius 1 is 1.25 bits per heavy atom. The molecule has 0 radical (unpaired) electrons. The standard InChI is InChI=1S/C11H11BrN4/c12-9-4-2-1-3-8(9)7-11-14-6-5-10(15-11)16-13/h1-6H,7,13H2,(H,14,15,16). The third-order valence-electron chi connectivity index (χ3n) is 2.16. The maximum atomic E-state index is 5.29. The van der Waals surface area contributed by atoms with Crippen LogP contribution in [0.1, 0.15) is 11.4 Å². The molecule has 0 aliphatic carbocycles. The van der Waals surface area contributed by atoms with Gasteiger partial charge in [-0.05, 0) is 11.6 Å². The van der Waals surface area contributed by atoms with Crippen LogP contribution in [0.2, 0.25) is 0 Å². The van der Waals surface area contributed by atoms with Crippen LogP contribution >= 0.6 is 15.9 Å². The molecule has 0 saturated carbocycles. The summed E-state index contributed by atoms with van der Waals surface area (Å²) < 4.78 is 1.06. The molecule has 3 N–H and O–H groups in total. The van der Waals surface area contributed by atoms with Crippen molar-refractivity contribution in [3.63, 3.8) is 0 Å². The molecule has 0 spiro atoms. The second kappa shape index (κ2) is 5.05. The van der Waals surface area contributed by atoms with Crippen LogP contribution in [0, 0.1) is 0 Å². The normalized spacial score (nSPS) is 10.1. The van der Waals surface area contributed by atoms with Crippen LogP contribution in [0.5, 0.6) is 0 Å². The minimum atomic E-state index is 0.622. The van der Waals surface area contributed by atoms with E-state index in [9.17, 15) is 0 Å². The van der Waals surface area contributed by atoms with Crippen LogP contribution in [0.3, 0.4) is 0 Å². The largest absolute Gasteiger partial charge is 0.308 e. The highest BCUT2D eigenvalue weighted by Crippen LogP contribution is 2.18. The molecule has 0 saturated heterocycles. The highest BCUT2D eigenvalue weighted by Gasteiger charge is 2.03. The van der Waals surface area contributed by atoms with Gasteiger partial charge in [0.1, 0.15) is 11.6 Å². The number of nitrogens with zero attached hydrogens (tertiary/aromatic N) is 2. The zero-order valence-electron chi connectivity index (χ0n) is 8.52. The first-order valence-electron chi connectivity index (χ1n) is 4.81. The number of nitrogens with one attached hydrogen (secondary N) is 1. The summed E-state index contributed by atoms with van der Waals surface area (Å²) in [7, 11) is 0. The van der Waals surface area contributed by atoms with E-state index in [0.717, 1.165) is 15.9 Å². The van der Waals surface area contributed by atoms with Crippen LogP contribution < -0.4 is 11.3 Å². The minimum absolute atomic E-state index is 0.622. The molecular weight excluding hydrogens is 268 g/mol. The fourth-order valence-corrected chi connectivity index (χ4v) is 1.80. The van der Waals surface area contributed by atoms with E-state index >= 15 is 0 Å². The van der Waals surface area contributed by atoms with E-state index in [4.69, 9.17) is 5.84 Å². The van der Waals surface area contributed by atoms with Crippen LogP contribution in [-0.4, -0.2) is 9.97 Å². The predicted molar refractivity (Wildman–Crippen MR) is 66.8 cm³/mol. The summed E-state index contributed by atoms with van der Waals surface area (Å²) in [6.45, 7) is 0. The molecule has 0 unspecified atom stereocenters. The lowest BCUT2D eigenvalue weighted by molar-refractivity contribution is 0.962. The summed E-state index contributed by atoms with van der Waals surface area (Å²) in [4.78, 5) is 8.46. The first-order valence-corrected chi connectivity index (χ1v) is 5.61. The summed E-state index contributed by atoms with van der Waals surface area (Å²) in [5.74, 6) is 6.65. The van der Waals surface area contributed by atoms with Crippen LogP contribution in [0.15, 0.2) is 41.0 Å². The van der Waals surface area contributed by atoms with E-state index in [-0.39, 0.29) is 0 Å². The van der Waals surface area contributed by atoms with Gasteiger partial charge in [0.15, 0.2) is 0 Å². The fourth-order valence-electron chi connectivity index (χ4n) is 1.38. The van der Waals surface area contributed by atoms with Gasteiger partial charge < -0.3 is 5.43 Å². The molecule has 1 heterocycles. The number of halogens is 1. The molecule has 16 heavy (non-hydrogen) atoms. The van der Waals surface area contributed by atoms with Crippen LogP contribution in [-0.2, 0) is 6.42 Å². The second-order valence-electron chi connectivity index (χ2n) is 3.27. The molecule has 0 aliphatic rings. The van der Waals surface area contributed by atoms with E-state index in [1.165, 1.54) is 0 Å². The van der Waals surface area contributed by atoms with Gasteiger partial charge in [0.25, 0.3) is 0 Å². The summed E-state index contributed by atoms with van der Waals surface area (Å²) in [5.41, 5.74) is 3.65. The molecule has 1 aromatic heterocycles. The number of aromatic nitrogens is 2.